The number of carbonyl (C=O) groups excluding carboxylic acids is 2. The van der Waals surface area contributed by atoms with Crippen molar-refractivity contribution >= 4 is 59.7 Å². The van der Waals surface area contributed by atoms with Gasteiger partial charge >= 0.3 is 0 Å². The number of nitrogens with one attached hydrogen (secondary N) is 4. The first-order chi connectivity index (χ1) is 20.6. The highest BCUT2D eigenvalue weighted by Gasteiger charge is 2.32. The van der Waals surface area contributed by atoms with Crippen LogP contribution in [0.5, 0.6) is 0 Å². The fourth-order valence-electron chi connectivity index (χ4n) is 6.54. The van der Waals surface area contributed by atoms with Crippen LogP contribution in [0.25, 0.3) is 0 Å². The molecular weight excluding hydrogens is 595 g/mol. The van der Waals surface area contributed by atoms with Crippen molar-refractivity contribution in [1.29, 1.82) is 0 Å². The third kappa shape index (κ3) is 6.76. The highest BCUT2D eigenvalue weighted by molar-refractivity contribution is 6.08. The number of hydrogen-bond acceptors (Lipinski definition) is 6. The first-order valence-electron chi connectivity index (χ1n) is 15.2. The van der Waals surface area contributed by atoms with Crippen LogP contribution in [0.1, 0.15) is 83.2 Å². The van der Waals surface area contributed by atoms with E-state index in [0.29, 0.717) is 46.7 Å². The Bertz CT molecular complexity index is 1420. The summed E-state index contributed by atoms with van der Waals surface area (Å²) < 4.78 is 0. The van der Waals surface area contributed by atoms with E-state index in [-0.39, 0.29) is 36.6 Å². The molecule has 7 rings (SSSR count). The molecule has 44 heavy (non-hydrogen) atoms. The third-order valence-corrected chi connectivity index (χ3v) is 8.93. The van der Waals surface area contributed by atoms with E-state index in [9.17, 15) is 9.59 Å². The summed E-state index contributed by atoms with van der Waals surface area (Å²) in [5.74, 6) is 1.45. The van der Waals surface area contributed by atoms with Gasteiger partial charge in [-0.1, -0.05) is 25.7 Å². The Morgan fingerprint density at radius 2 is 0.909 bits per heavy atom. The Hall–Kier alpha value is -3.88. The maximum atomic E-state index is 12.9. The fourth-order valence-corrected chi connectivity index (χ4v) is 6.54. The van der Waals surface area contributed by atoms with E-state index < -0.39 is 0 Å². The van der Waals surface area contributed by atoms with E-state index in [1.54, 1.807) is 24.3 Å². The van der Waals surface area contributed by atoms with Crippen molar-refractivity contribution in [1.82, 2.24) is 10.6 Å². The van der Waals surface area contributed by atoms with Crippen molar-refractivity contribution in [2.24, 2.45) is 9.98 Å². The Labute approximate surface area is 270 Å². The largest absolute Gasteiger partial charge is 0.365 e. The molecule has 0 radical (unpaired) electrons. The molecule has 3 aromatic carbocycles. The number of aliphatic imine (C=N–C) groups is 2. The van der Waals surface area contributed by atoms with E-state index in [4.69, 9.17) is 9.98 Å². The van der Waals surface area contributed by atoms with Gasteiger partial charge in [0.15, 0.2) is 0 Å². The van der Waals surface area contributed by atoms with Gasteiger partial charge in [-0.3, -0.25) is 19.6 Å². The van der Waals surface area contributed by atoms with Crippen molar-refractivity contribution in [3.05, 3.63) is 95.1 Å². The smallest absolute Gasteiger partial charge is 0.255 e. The summed E-state index contributed by atoms with van der Waals surface area (Å²) in [6.07, 6.45) is 9.67. The number of nitrogens with zero attached hydrogens (tertiary/aromatic N) is 2. The van der Waals surface area contributed by atoms with Crippen LogP contribution in [0.2, 0.25) is 0 Å². The lowest BCUT2D eigenvalue weighted by atomic mass is 9.92. The van der Waals surface area contributed by atoms with Gasteiger partial charge in [0, 0.05) is 45.7 Å². The molecule has 0 spiro atoms. The number of rotatable bonds is 6. The maximum Gasteiger partial charge on any atom is 0.255 e. The predicted molar refractivity (Wildman–Crippen MR) is 181 cm³/mol. The lowest BCUT2D eigenvalue weighted by Crippen LogP contribution is -2.36. The SMILES string of the molecule is Cl.Cl.O=C(Nc1ccc(C2=NC3CCCCC3N2)cc1)c1ccc(C(=O)Nc2ccc(C3=NC4CCCCC4N3)cc2)cc1. The number of hydrogen-bond donors (Lipinski definition) is 4. The summed E-state index contributed by atoms with van der Waals surface area (Å²) in [7, 11) is 0. The van der Waals surface area contributed by atoms with Crippen molar-refractivity contribution < 1.29 is 9.59 Å². The summed E-state index contributed by atoms with van der Waals surface area (Å²) in [4.78, 5) is 35.5. The predicted octanol–water partition coefficient (Wildman–Crippen LogP) is 6.36. The minimum Gasteiger partial charge on any atom is -0.365 e. The lowest BCUT2D eigenvalue weighted by molar-refractivity contribution is 0.101. The molecule has 4 atom stereocenters. The molecule has 2 aliphatic carbocycles. The molecule has 0 bridgehead atoms. The van der Waals surface area contributed by atoms with Gasteiger partial charge in [0.25, 0.3) is 11.8 Å². The van der Waals surface area contributed by atoms with Crippen LogP contribution < -0.4 is 21.3 Å². The molecule has 10 heteroatoms. The molecule has 3 aromatic rings. The summed E-state index contributed by atoms with van der Waals surface area (Å²) in [6, 6.07) is 23.9. The molecule has 0 saturated heterocycles. The molecule has 8 nitrogen and oxygen atoms in total. The van der Waals surface area contributed by atoms with Gasteiger partial charge in [0.05, 0.1) is 12.1 Å². The number of anilines is 2. The third-order valence-electron chi connectivity index (χ3n) is 8.93. The second kappa shape index (κ2) is 13.8. The van der Waals surface area contributed by atoms with Crippen LogP contribution in [0, 0.1) is 0 Å². The van der Waals surface area contributed by atoms with Crippen molar-refractivity contribution in [3.8, 4) is 0 Å². The maximum absolute atomic E-state index is 12.9. The minimum atomic E-state index is -0.226. The highest BCUT2D eigenvalue weighted by Crippen LogP contribution is 2.28. The second-order valence-electron chi connectivity index (χ2n) is 11.8. The standard InChI is InChI=1S/C34H36N6O2.2ClH/c41-33(35-25-17-13-21(14-18-25)31-37-27-5-1-2-6-28(27)38-31)23-9-11-24(12-10-23)34(42)36-26-19-15-22(16-20-26)32-39-29-7-3-4-8-30(29)40-32;;/h9-20,27-30H,1-8H2,(H,35,41)(H,36,42)(H,37,38)(H,39,40);2*1H. The molecule has 2 fully saturated rings. The van der Waals surface area contributed by atoms with Gasteiger partial charge in [0.1, 0.15) is 11.7 Å². The molecule has 2 heterocycles. The summed E-state index contributed by atoms with van der Waals surface area (Å²) in [6.45, 7) is 0. The van der Waals surface area contributed by atoms with E-state index in [2.05, 4.69) is 21.3 Å². The van der Waals surface area contributed by atoms with Crippen molar-refractivity contribution in [2.75, 3.05) is 10.6 Å². The van der Waals surface area contributed by atoms with Crippen LogP contribution >= 0.6 is 24.8 Å². The topological polar surface area (TPSA) is 107 Å². The molecule has 2 saturated carbocycles. The molecular formula is C34H38Cl2N6O2. The monoisotopic (exact) mass is 632 g/mol. The van der Waals surface area contributed by atoms with Crippen LogP contribution in [0.15, 0.2) is 82.8 Å². The second-order valence-corrected chi connectivity index (χ2v) is 11.8. The number of amides is 2. The molecule has 230 valence electrons. The molecule has 0 aromatic heterocycles. The molecule has 2 aliphatic heterocycles. The molecule has 4 N–H and O–H groups in total. The number of fused-ring (bicyclic) bond motifs is 2. The van der Waals surface area contributed by atoms with Gasteiger partial charge < -0.3 is 21.3 Å². The van der Waals surface area contributed by atoms with Gasteiger partial charge in [0.2, 0.25) is 0 Å². The van der Waals surface area contributed by atoms with E-state index in [1.807, 2.05) is 48.5 Å². The zero-order chi connectivity index (χ0) is 28.5. The van der Waals surface area contributed by atoms with E-state index in [0.717, 1.165) is 35.6 Å². The molecule has 2 amide bonds. The summed E-state index contributed by atoms with van der Waals surface area (Å²) in [5.41, 5.74) is 4.46. The van der Waals surface area contributed by atoms with Gasteiger partial charge in [-0.15, -0.1) is 24.8 Å². The zero-order valence-corrected chi connectivity index (χ0v) is 26.1. The van der Waals surface area contributed by atoms with Crippen LogP contribution in [-0.4, -0.2) is 47.7 Å². The molecule has 4 unspecified atom stereocenters. The van der Waals surface area contributed by atoms with Crippen LogP contribution in [0.3, 0.4) is 0 Å². The number of amidine groups is 2. The summed E-state index contributed by atoms with van der Waals surface area (Å²) in [5, 5.41) is 13.0. The zero-order valence-electron chi connectivity index (χ0n) is 24.4. The first-order valence-corrected chi connectivity index (χ1v) is 15.2. The van der Waals surface area contributed by atoms with Crippen molar-refractivity contribution in [2.45, 2.75) is 75.5 Å². The van der Waals surface area contributed by atoms with Gasteiger partial charge in [-0.05, 0) is 98.5 Å². The number of benzene rings is 3. The molecule has 4 aliphatic rings. The average Bonchev–Trinajstić information content (AvgIpc) is 3.67. The first kappa shape index (κ1) is 31.5. The number of halogens is 2. The van der Waals surface area contributed by atoms with E-state index in [1.165, 1.54) is 38.5 Å². The fraction of sp³-hybridized carbons (Fsp3) is 0.353. The normalized spacial score (nSPS) is 23.2. The minimum absolute atomic E-state index is 0. The average molecular weight is 634 g/mol. The lowest BCUT2D eigenvalue weighted by Gasteiger charge is -2.23. The van der Waals surface area contributed by atoms with Crippen LogP contribution in [-0.2, 0) is 0 Å². The Morgan fingerprint density at radius 3 is 1.27 bits per heavy atom. The van der Waals surface area contributed by atoms with E-state index >= 15 is 0 Å². The summed E-state index contributed by atoms with van der Waals surface area (Å²) >= 11 is 0. The Kier molecular flexibility index (Phi) is 9.91. The Balaban J connectivity index is 0.00000192. The number of carbonyl (C=O) groups is 2. The highest BCUT2D eigenvalue weighted by atomic mass is 35.5. The quantitative estimate of drug-likeness (QED) is 0.254. The van der Waals surface area contributed by atoms with Gasteiger partial charge in [-0.25, -0.2) is 0 Å². The van der Waals surface area contributed by atoms with Crippen LogP contribution in [0.4, 0.5) is 11.4 Å². The van der Waals surface area contributed by atoms with Crippen molar-refractivity contribution in [3.63, 3.8) is 0 Å². The Morgan fingerprint density at radius 1 is 0.545 bits per heavy atom. The van der Waals surface area contributed by atoms with Gasteiger partial charge in [-0.2, -0.15) is 0 Å².